The van der Waals surface area contributed by atoms with Crippen molar-refractivity contribution in [3.8, 4) is 5.75 Å². The highest BCUT2D eigenvalue weighted by Crippen LogP contribution is 2.53. The van der Waals surface area contributed by atoms with Crippen LogP contribution in [0.25, 0.3) is 0 Å². The molecule has 4 aliphatic heterocycles. The van der Waals surface area contributed by atoms with Gasteiger partial charge in [-0.05, 0) is 62.1 Å². The summed E-state index contributed by atoms with van der Waals surface area (Å²) in [5, 5.41) is 13.1. The Morgan fingerprint density at radius 3 is 3.04 bits per heavy atom. The molecule has 4 aliphatic rings. The molecule has 0 aromatic heterocycles. The Labute approximate surface area is 163 Å². The van der Waals surface area contributed by atoms with Gasteiger partial charge in [0.25, 0.3) is 0 Å². The predicted molar refractivity (Wildman–Crippen MR) is 101 cm³/mol. The first-order valence-corrected chi connectivity index (χ1v) is 9.80. The average molecular weight is 384 g/mol. The molecule has 148 valence electrons. The maximum absolute atomic E-state index is 13.1. The minimum atomic E-state index is -0.653. The van der Waals surface area contributed by atoms with E-state index in [9.17, 15) is 14.7 Å². The Morgan fingerprint density at radius 2 is 2.25 bits per heavy atom. The number of fused-ring (bicyclic) bond motifs is 5. The predicted octanol–water partition coefficient (Wildman–Crippen LogP) is 1.77. The van der Waals surface area contributed by atoms with E-state index in [1.807, 2.05) is 13.0 Å². The van der Waals surface area contributed by atoms with Gasteiger partial charge in [0.15, 0.2) is 0 Å². The molecule has 0 aliphatic carbocycles. The molecule has 2 saturated heterocycles. The number of allylic oxidation sites excluding steroid dienone is 1. The minimum Gasteiger partial charge on any atom is -0.508 e. The van der Waals surface area contributed by atoms with Crippen molar-refractivity contribution in [3.05, 3.63) is 35.6 Å². The number of carbonyl (C=O) groups excluding carboxylic acids is 2. The highest BCUT2D eigenvalue weighted by Gasteiger charge is 2.60. The van der Waals surface area contributed by atoms with Gasteiger partial charge in [-0.1, -0.05) is 0 Å². The van der Waals surface area contributed by atoms with Gasteiger partial charge in [-0.2, -0.15) is 0 Å². The van der Waals surface area contributed by atoms with Gasteiger partial charge in [-0.25, -0.2) is 4.79 Å². The molecule has 0 saturated carbocycles. The summed E-state index contributed by atoms with van der Waals surface area (Å²) in [5.41, 5.74) is 1.03. The zero-order valence-corrected chi connectivity index (χ0v) is 16.0. The Bertz CT molecular complexity index is 897. The quantitative estimate of drug-likeness (QED) is 0.567. The lowest BCUT2D eigenvalue weighted by molar-refractivity contribution is -0.144. The summed E-state index contributed by atoms with van der Waals surface area (Å²) in [6.07, 6.45) is 3.29. The number of nitrogens with zero attached hydrogens (tertiary/aromatic N) is 1. The third kappa shape index (κ3) is 2.25. The second-order valence-electron chi connectivity index (χ2n) is 8.32. The van der Waals surface area contributed by atoms with Gasteiger partial charge in [0.2, 0.25) is 11.7 Å². The summed E-state index contributed by atoms with van der Waals surface area (Å²) >= 11 is 0. The fourth-order valence-electron chi connectivity index (χ4n) is 5.73. The lowest BCUT2D eigenvalue weighted by Crippen LogP contribution is -2.55. The summed E-state index contributed by atoms with van der Waals surface area (Å²) < 4.78 is 10.7. The standard InChI is InChI=1S/C21H24N2O5/c1-11-14-10-23-6-5-21(15-9-13(24)3-4-16(15)22-20(21)26)18(23)8-12(14)7-17(28-11)19(25)27-2/h3-4,7,9,11-12,14,18,24H,5-6,8,10H2,1-2H3,(H,22,26)/t11-,12-,14+,18-,21-/m0/s1. The molecule has 28 heavy (non-hydrogen) atoms. The molecule has 5 rings (SSSR count). The number of aromatic hydroxyl groups is 1. The van der Waals surface area contributed by atoms with Crippen LogP contribution in [-0.2, 0) is 24.5 Å². The van der Waals surface area contributed by atoms with E-state index in [1.165, 1.54) is 7.11 Å². The number of carbonyl (C=O) groups is 2. The van der Waals surface area contributed by atoms with Crippen LogP contribution in [0.15, 0.2) is 30.0 Å². The van der Waals surface area contributed by atoms with E-state index < -0.39 is 11.4 Å². The van der Waals surface area contributed by atoms with Gasteiger partial charge in [0.1, 0.15) is 11.9 Å². The van der Waals surface area contributed by atoms with Crippen molar-refractivity contribution < 1.29 is 24.2 Å². The summed E-state index contributed by atoms with van der Waals surface area (Å²) in [6.45, 7) is 3.65. The molecule has 7 heteroatoms. The number of anilines is 1. The van der Waals surface area contributed by atoms with Crippen LogP contribution in [-0.4, -0.2) is 54.2 Å². The number of nitrogens with one attached hydrogen (secondary N) is 1. The molecule has 4 heterocycles. The van der Waals surface area contributed by atoms with Gasteiger partial charge in [0.05, 0.1) is 12.5 Å². The van der Waals surface area contributed by atoms with Crippen LogP contribution >= 0.6 is 0 Å². The number of esters is 1. The van der Waals surface area contributed by atoms with Gasteiger partial charge in [0, 0.05) is 24.2 Å². The number of benzene rings is 1. The molecule has 0 radical (unpaired) electrons. The SMILES string of the molecule is COC(=O)C1=C[C@H]2C[C@@H]3N(CC[C@@]34C(=O)Nc3ccc(O)cc34)C[C@@H]2[C@H](C)O1. The zero-order valence-electron chi connectivity index (χ0n) is 16.0. The first kappa shape index (κ1) is 17.6. The summed E-state index contributed by atoms with van der Waals surface area (Å²) in [5.74, 6) is 0.412. The van der Waals surface area contributed by atoms with Crippen molar-refractivity contribution in [3.63, 3.8) is 0 Å². The van der Waals surface area contributed by atoms with Gasteiger partial charge in [-0.3, -0.25) is 9.69 Å². The largest absolute Gasteiger partial charge is 0.508 e. The maximum atomic E-state index is 13.1. The Kier molecular flexibility index (Phi) is 3.75. The number of ether oxygens (including phenoxy) is 2. The van der Waals surface area contributed by atoms with Crippen molar-refractivity contribution in [2.75, 3.05) is 25.5 Å². The Morgan fingerprint density at radius 1 is 1.43 bits per heavy atom. The molecular weight excluding hydrogens is 360 g/mol. The molecule has 0 bridgehead atoms. The van der Waals surface area contributed by atoms with E-state index in [0.717, 1.165) is 37.2 Å². The number of hydrogen-bond acceptors (Lipinski definition) is 6. The molecule has 1 spiro atoms. The van der Waals surface area contributed by atoms with Crippen molar-refractivity contribution >= 4 is 17.6 Å². The fourth-order valence-corrected chi connectivity index (χ4v) is 5.73. The monoisotopic (exact) mass is 384 g/mol. The molecular formula is C21H24N2O5. The number of phenols is 1. The number of amides is 1. The molecule has 0 unspecified atom stereocenters. The van der Waals surface area contributed by atoms with Crippen LogP contribution in [0, 0.1) is 11.8 Å². The third-order valence-corrected chi connectivity index (χ3v) is 7.10. The van der Waals surface area contributed by atoms with Crippen molar-refractivity contribution in [2.45, 2.75) is 37.3 Å². The first-order valence-electron chi connectivity index (χ1n) is 9.80. The summed E-state index contributed by atoms with van der Waals surface area (Å²) in [7, 11) is 1.35. The van der Waals surface area contributed by atoms with Gasteiger partial charge < -0.3 is 19.9 Å². The van der Waals surface area contributed by atoms with Gasteiger partial charge >= 0.3 is 5.97 Å². The van der Waals surface area contributed by atoms with Crippen LogP contribution in [0.4, 0.5) is 5.69 Å². The van der Waals surface area contributed by atoms with Crippen LogP contribution in [0.3, 0.4) is 0 Å². The lowest BCUT2D eigenvalue weighted by atomic mass is 9.68. The fraction of sp³-hybridized carbons (Fsp3) is 0.524. The van der Waals surface area contributed by atoms with Crippen LogP contribution in [0.5, 0.6) is 5.75 Å². The number of hydrogen-bond donors (Lipinski definition) is 2. The Balaban J connectivity index is 1.53. The van der Waals surface area contributed by atoms with Gasteiger partial charge in [-0.15, -0.1) is 0 Å². The van der Waals surface area contributed by atoms with Crippen molar-refractivity contribution in [1.82, 2.24) is 4.90 Å². The molecule has 2 N–H and O–H groups in total. The molecule has 1 aromatic rings. The topological polar surface area (TPSA) is 88.1 Å². The van der Waals surface area contributed by atoms with E-state index in [2.05, 4.69) is 10.2 Å². The summed E-state index contributed by atoms with van der Waals surface area (Å²) in [4.78, 5) is 27.5. The average Bonchev–Trinajstić information content (AvgIpc) is 3.19. The number of rotatable bonds is 1. The molecule has 1 aromatic carbocycles. The minimum absolute atomic E-state index is 0.0105. The Hall–Kier alpha value is -2.54. The van der Waals surface area contributed by atoms with E-state index in [-0.39, 0.29) is 41.4 Å². The van der Waals surface area contributed by atoms with E-state index in [4.69, 9.17) is 9.47 Å². The van der Waals surface area contributed by atoms with Crippen LogP contribution < -0.4 is 5.32 Å². The molecule has 5 atom stereocenters. The first-order chi connectivity index (χ1) is 13.4. The highest BCUT2D eigenvalue weighted by molar-refractivity contribution is 6.07. The number of methoxy groups -OCH3 is 1. The molecule has 7 nitrogen and oxygen atoms in total. The lowest BCUT2D eigenvalue weighted by Gasteiger charge is -2.47. The van der Waals surface area contributed by atoms with Crippen LogP contribution in [0.2, 0.25) is 0 Å². The normalized spacial score (nSPS) is 36.1. The second kappa shape index (κ2) is 5.98. The van der Waals surface area contributed by atoms with E-state index in [0.29, 0.717) is 0 Å². The summed E-state index contributed by atoms with van der Waals surface area (Å²) in [6, 6.07) is 5.13. The van der Waals surface area contributed by atoms with Crippen LogP contribution in [0.1, 0.15) is 25.3 Å². The number of phenolic OH excluding ortho intramolecular Hbond substituents is 1. The van der Waals surface area contributed by atoms with E-state index in [1.54, 1.807) is 18.2 Å². The highest BCUT2D eigenvalue weighted by atomic mass is 16.6. The molecule has 2 fully saturated rings. The number of piperidine rings is 1. The smallest absolute Gasteiger partial charge is 0.372 e. The molecule has 1 amide bonds. The van der Waals surface area contributed by atoms with Crippen molar-refractivity contribution in [1.29, 1.82) is 0 Å². The van der Waals surface area contributed by atoms with E-state index >= 15 is 0 Å². The third-order valence-electron chi connectivity index (χ3n) is 7.10. The second-order valence-corrected chi connectivity index (χ2v) is 8.32. The zero-order chi connectivity index (χ0) is 19.6. The van der Waals surface area contributed by atoms with Crippen molar-refractivity contribution in [2.24, 2.45) is 11.8 Å². The maximum Gasteiger partial charge on any atom is 0.372 e.